The Morgan fingerprint density at radius 3 is 2.21 bits per heavy atom. The van der Waals surface area contributed by atoms with Crippen LogP contribution >= 0.6 is 0 Å². The first kappa shape index (κ1) is 32.7. The van der Waals surface area contributed by atoms with E-state index in [1.165, 1.54) is 10.8 Å². The zero-order valence-electron chi connectivity index (χ0n) is 24.2. The number of aliphatic hydroxyl groups excluding tert-OH is 1. The van der Waals surface area contributed by atoms with Crippen LogP contribution in [-0.2, 0) is 50.4 Å². The van der Waals surface area contributed by atoms with E-state index < -0.39 is 47.4 Å². The minimum atomic E-state index is -2.93. The third kappa shape index (κ3) is 6.36. The summed E-state index contributed by atoms with van der Waals surface area (Å²) < 4.78 is 28.4. The third-order valence-electron chi connectivity index (χ3n) is 7.64. The molecule has 1 radical (unpaired) electrons. The van der Waals surface area contributed by atoms with Gasteiger partial charge in [-0.15, -0.1) is 6.07 Å². The first-order chi connectivity index (χ1) is 17.9. The summed E-state index contributed by atoms with van der Waals surface area (Å²) in [4.78, 5) is 20.1. The van der Waals surface area contributed by atoms with Gasteiger partial charge in [0.25, 0.3) is 0 Å². The second-order valence-electron chi connectivity index (χ2n) is 11.4. The van der Waals surface area contributed by atoms with E-state index in [4.69, 9.17) is 17.7 Å². The normalized spacial score (nSPS) is 26.9. The molecular formula is C27H41N3O6Si2Y-2. The summed E-state index contributed by atoms with van der Waals surface area (Å²) in [5, 5.41) is 11.5. The number of nitrogens with zero attached hydrogens (tertiary/aromatic N) is 2. The van der Waals surface area contributed by atoms with E-state index >= 15 is 0 Å². The fourth-order valence-electron chi connectivity index (χ4n) is 5.58. The van der Waals surface area contributed by atoms with Crippen molar-refractivity contribution in [3.05, 3.63) is 58.6 Å². The molecule has 12 heteroatoms. The maximum absolute atomic E-state index is 13.1. The van der Waals surface area contributed by atoms with Crippen molar-refractivity contribution in [2.75, 3.05) is 6.61 Å². The number of para-hydroxylation sites is 1. The summed E-state index contributed by atoms with van der Waals surface area (Å²) in [5.41, 5.74) is 0.971. The van der Waals surface area contributed by atoms with Gasteiger partial charge in [0, 0.05) is 32.7 Å². The molecule has 2 aliphatic rings. The Hall–Kier alpha value is -0.762. The number of aromatic nitrogens is 2. The van der Waals surface area contributed by atoms with Crippen molar-refractivity contribution in [1.82, 2.24) is 9.55 Å². The summed E-state index contributed by atoms with van der Waals surface area (Å²) in [6.45, 7) is 17.4. The number of aromatic amines is 1. The fourth-order valence-corrected chi connectivity index (χ4v) is 16.8. The summed E-state index contributed by atoms with van der Waals surface area (Å²) in [6.07, 6.45) is -1.86. The van der Waals surface area contributed by atoms with Crippen LogP contribution in [0.15, 0.2) is 40.2 Å². The van der Waals surface area contributed by atoms with Gasteiger partial charge in [-0.2, -0.15) is 30.5 Å². The van der Waals surface area contributed by atoms with Crippen molar-refractivity contribution in [3.8, 4) is 0 Å². The molecule has 0 amide bonds. The van der Waals surface area contributed by atoms with Crippen LogP contribution in [0.25, 0.3) is 0 Å². The van der Waals surface area contributed by atoms with Gasteiger partial charge in [0.05, 0.1) is 6.61 Å². The average Bonchev–Trinajstić information content (AvgIpc) is 3.13. The monoisotopic (exact) mass is 648 g/mol. The molecule has 0 bridgehead atoms. The Balaban J connectivity index is 0.00000420. The van der Waals surface area contributed by atoms with Crippen LogP contribution in [0.5, 0.6) is 0 Å². The molecule has 4 atom stereocenters. The van der Waals surface area contributed by atoms with Crippen LogP contribution in [0.3, 0.4) is 0 Å². The molecule has 0 aliphatic carbocycles. The summed E-state index contributed by atoms with van der Waals surface area (Å²) >= 11 is 0. The van der Waals surface area contributed by atoms with Crippen LogP contribution in [-0.4, -0.2) is 56.7 Å². The average molecular weight is 649 g/mol. The predicted molar refractivity (Wildman–Crippen MR) is 148 cm³/mol. The molecule has 2 aromatic rings. The number of hydrogen-bond donors (Lipinski definition) is 2. The first-order valence-electron chi connectivity index (χ1n) is 13.5. The van der Waals surface area contributed by atoms with E-state index in [1.807, 2.05) is 12.1 Å². The fraction of sp³-hybridized carbons (Fsp3) is 0.630. The Morgan fingerprint density at radius 2 is 1.67 bits per heavy atom. The number of rotatable bonds is 6. The molecule has 2 saturated heterocycles. The van der Waals surface area contributed by atoms with Gasteiger partial charge in [-0.1, -0.05) is 61.1 Å². The number of fused-ring (bicyclic) bond motifs is 1. The van der Waals surface area contributed by atoms with Gasteiger partial charge in [-0.3, -0.25) is 4.99 Å². The first-order valence-corrected chi connectivity index (χ1v) is 17.5. The van der Waals surface area contributed by atoms with Gasteiger partial charge < -0.3 is 38.4 Å². The third-order valence-corrected chi connectivity index (χ3v) is 17.9. The predicted octanol–water partition coefficient (Wildman–Crippen LogP) is 4.22. The van der Waals surface area contributed by atoms with E-state index in [-0.39, 0.29) is 67.0 Å². The number of ether oxygens (including phenoxy) is 1. The summed E-state index contributed by atoms with van der Waals surface area (Å²) in [6, 6.07) is 13.2. The smallest absolute Gasteiger partial charge is 0.335 e. The zero-order valence-corrected chi connectivity index (χ0v) is 29.0. The van der Waals surface area contributed by atoms with Gasteiger partial charge in [0.15, 0.2) is 6.23 Å². The van der Waals surface area contributed by atoms with Gasteiger partial charge in [-0.25, -0.2) is 4.79 Å². The van der Waals surface area contributed by atoms with E-state index in [1.54, 1.807) is 12.1 Å². The van der Waals surface area contributed by atoms with Crippen molar-refractivity contribution in [2.24, 2.45) is 4.99 Å². The molecule has 213 valence electrons. The standard InChI is InChI=1S/C27H41N3O6Si2.Y/c1-17(2)37(18(3)4)33-16-22-25(35-38(36-37,19(5)6)20(7)8)24(31)26(34-22)30-15-14-23(29-27(30)32)28-21-12-10-9-11-13-21;/h9-12,15,17-20,22,24-26,31H,16H2,1-8H3,(H,28,29,32);/q-2;/t22-,24-,25?,26+;/m0./s1. The number of aliphatic hydroxyl groups is 1. The van der Waals surface area contributed by atoms with E-state index in [0.717, 1.165) is 0 Å². The van der Waals surface area contributed by atoms with Crippen LogP contribution in [0, 0.1) is 12.1 Å². The largest absolute Gasteiger partial charge is 0.414 e. The zero-order chi connectivity index (χ0) is 27.8. The number of benzene rings is 1. The van der Waals surface area contributed by atoms with E-state index in [0.29, 0.717) is 5.69 Å². The van der Waals surface area contributed by atoms with Crippen molar-refractivity contribution < 1.29 is 55.5 Å². The number of nitrogens with one attached hydrogen (secondary N) is 1. The van der Waals surface area contributed by atoms with Crippen molar-refractivity contribution in [2.45, 2.75) is 102 Å². The molecule has 0 saturated carbocycles. The molecule has 39 heavy (non-hydrogen) atoms. The Bertz CT molecular complexity index is 1200. The van der Waals surface area contributed by atoms with E-state index in [2.05, 4.69) is 77.5 Å². The SMILES string of the molecule is CC(C)[Si]1(C(C)C)OC[C@@H]2O[C@@H](n3c[c-]c(=Nc4[c-]cccc4)[nH]c3=O)[C@@H](O)C2O[Si](C(C)C)(C(C)C)O1.[Y]. The maximum atomic E-state index is 13.1. The molecule has 1 aromatic heterocycles. The van der Waals surface area contributed by atoms with Crippen LogP contribution in [0.4, 0.5) is 5.69 Å². The molecule has 2 aliphatic heterocycles. The van der Waals surface area contributed by atoms with Crippen LogP contribution in [0.1, 0.15) is 61.6 Å². The molecule has 2 N–H and O–H groups in total. The number of hydrogen-bond acceptors (Lipinski definition) is 7. The molecule has 0 spiro atoms. The van der Waals surface area contributed by atoms with Crippen molar-refractivity contribution >= 4 is 22.8 Å². The minimum absolute atomic E-state index is 0. The number of H-pyrrole nitrogens is 1. The van der Waals surface area contributed by atoms with Crippen molar-refractivity contribution in [1.29, 1.82) is 0 Å². The van der Waals surface area contributed by atoms with Gasteiger partial charge in [0.1, 0.15) is 18.3 Å². The topological polar surface area (TPSA) is 107 Å². The summed E-state index contributed by atoms with van der Waals surface area (Å²) in [5.74, 6) is 0. The molecule has 9 nitrogen and oxygen atoms in total. The molecular weight excluding hydrogens is 607 g/mol. The van der Waals surface area contributed by atoms with Gasteiger partial charge >= 0.3 is 22.8 Å². The second-order valence-corrected chi connectivity index (χ2v) is 20.3. The van der Waals surface area contributed by atoms with Crippen molar-refractivity contribution in [3.63, 3.8) is 0 Å². The van der Waals surface area contributed by atoms with Gasteiger partial charge in [0.2, 0.25) is 0 Å². The van der Waals surface area contributed by atoms with Gasteiger partial charge in [-0.05, 0) is 27.7 Å². The van der Waals surface area contributed by atoms with Crippen LogP contribution < -0.4 is 11.2 Å². The summed E-state index contributed by atoms with van der Waals surface area (Å²) in [7, 11) is -5.67. The van der Waals surface area contributed by atoms with E-state index in [9.17, 15) is 9.90 Å². The molecule has 3 heterocycles. The minimum Gasteiger partial charge on any atom is -0.414 e. The second kappa shape index (κ2) is 13.0. The Morgan fingerprint density at radius 1 is 1.03 bits per heavy atom. The Labute approximate surface area is 258 Å². The quantitative estimate of drug-likeness (QED) is 0.359. The molecule has 2 fully saturated rings. The Kier molecular flexibility index (Phi) is 10.9. The molecule has 1 unspecified atom stereocenters. The maximum Gasteiger partial charge on any atom is 0.335 e. The van der Waals surface area contributed by atoms with Crippen LogP contribution in [0.2, 0.25) is 22.2 Å². The molecule has 4 rings (SSSR count). The molecule has 1 aromatic carbocycles.